The Labute approximate surface area is 142 Å². The molecule has 0 bridgehead atoms. The summed E-state index contributed by atoms with van der Waals surface area (Å²) in [5, 5.41) is 4.54. The molecule has 126 valence electrons. The highest BCUT2D eigenvalue weighted by Gasteiger charge is 2.16. The summed E-state index contributed by atoms with van der Waals surface area (Å²) in [6.45, 7) is 6.88. The molecule has 0 aliphatic heterocycles. The Hall–Kier alpha value is -2.47. The maximum Gasteiger partial charge on any atom is 0.145 e. The maximum atomic E-state index is 4.54. The molecular formula is C18H24N6. The summed E-state index contributed by atoms with van der Waals surface area (Å²) in [6, 6.07) is 4.00. The van der Waals surface area contributed by atoms with Gasteiger partial charge >= 0.3 is 0 Å². The summed E-state index contributed by atoms with van der Waals surface area (Å²) < 4.78 is 2.28. The van der Waals surface area contributed by atoms with E-state index in [4.69, 9.17) is 0 Å². The molecule has 3 aromatic rings. The van der Waals surface area contributed by atoms with Crippen molar-refractivity contribution in [1.82, 2.24) is 24.4 Å². The average Bonchev–Trinajstić information content (AvgIpc) is 2.83. The van der Waals surface area contributed by atoms with Crippen LogP contribution in [0.4, 0.5) is 5.82 Å². The number of pyridine rings is 1. The van der Waals surface area contributed by atoms with E-state index in [1.54, 1.807) is 12.5 Å². The standard InChI is InChI=1S/C18H24N6/c1-13-14(2)24(9-8-23(3)4)18-16(13)17(21-12-22-18)20-11-15-6-5-7-19-10-15/h5-7,10,12H,8-9,11H2,1-4H3,(H,20,21,22). The number of fused-ring (bicyclic) bond motifs is 1. The zero-order valence-electron chi connectivity index (χ0n) is 14.7. The van der Waals surface area contributed by atoms with Crippen molar-refractivity contribution >= 4 is 16.9 Å². The highest BCUT2D eigenvalue weighted by molar-refractivity contribution is 5.91. The monoisotopic (exact) mass is 324 g/mol. The number of anilines is 1. The fraction of sp³-hybridized carbons (Fsp3) is 0.389. The number of likely N-dealkylation sites (N-methyl/N-ethyl adjacent to an activating group) is 1. The Morgan fingerprint density at radius 1 is 1.21 bits per heavy atom. The van der Waals surface area contributed by atoms with E-state index in [2.05, 4.69) is 63.7 Å². The van der Waals surface area contributed by atoms with Crippen molar-refractivity contribution in [3.8, 4) is 0 Å². The second-order valence-electron chi connectivity index (χ2n) is 6.30. The van der Waals surface area contributed by atoms with Crippen LogP contribution < -0.4 is 5.32 Å². The van der Waals surface area contributed by atoms with Crippen molar-refractivity contribution in [2.24, 2.45) is 0 Å². The minimum absolute atomic E-state index is 0.696. The third-order valence-electron chi connectivity index (χ3n) is 4.36. The Kier molecular flexibility index (Phi) is 4.76. The minimum Gasteiger partial charge on any atom is -0.365 e. The quantitative estimate of drug-likeness (QED) is 0.755. The van der Waals surface area contributed by atoms with Crippen LogP contribution in [0.1, 0.15) is 16.8 Å². The summed E-state index contributed by atoms with van der Waals surface area (Å²) in [5.41, 5.74) is 4.61. The average molecular weight is 324 g/mol. The molecule has 0 fully saturated rings. The van der Waals surface area contributed by atoms with Gasteiger partial charge in [-0.25, -0.2) is 9.97 Å². The summed E-state index contributed by atoms with van der Waals surface area (Å²) in [4.78, 5) is 15.3. The molecule has 0 atom stereocenters. The van der Waals surface area contributed by atoms with Crippen LogP contribution in [0.25, 0.3) is 11.0 Å². The number of hydrogen-bond acceptors (Lipinski definition) is 5. The van der Waals surface area contributed by atoms with Crippen molar-refractivity contribution < 1.29 is 0 Å². The first-order valence-electron chi connectivity index (χ1n) is 8.16. The predicted molar refractivity (Wildman–Crippen MR) is 97.1 cm³/mol. The number of nitrogens with zero attached hydrogens (tertiary/aromatic N) is 5. The fourth-order valence-electron chi connectivity index (χ4n) is 2.86. The normalized spacial score (nSPS) is 11.4. The molecule has 3 rings (SSSR count). The lowest BCUT2D eigenvalue weighted by atomic mass is 10.2. The molecule has 0 saturated heterocycles. The van der Waals surface area contributed by atoms with Gasteiger partial charge in [0.25, 0.3) is 0 Å². The third kappa shape index (κ3) is 3.23. The second-order valence-corrected chi connectivity index (χ2v) is 6.30. The maximum absolute atomic E-state index is 4.54. The van der Waals surface area contributed by atoms with E-state index in [-0.39, 0.29) is 0 Å². The van der Waals surface area contributed by atoms with Crippen molar-refractivity contribution in [3.63, 3.8) is 0 Å². The Morgan fingerprint density at radius 2 is 2.04 bits per heavy atom. The lowest BCUT2D eigenvalue weighted by Gasteiger charge is -2.12. The molecule has 3 heterocycles. The van der Waals surface area contributed by atoms with Gasteiger partial charge in [0, 0.05) is 37.7 Å². The highest BCUT2D eigenvalue weighted by atomic mass is 15.1. The number of rotatable bonds is 6. The van der Waals surface area contributed by atoms with Gasteiger partial charge in [-0.2, -0.15) is 0 Å². The molecule has 1 N–H and O–H groups in total. The van der Waals surface area contributed by atoms with E-state index in [0.717, 1.165) is 35.5 Å². The molecule has 6 heteroatoms. The van der Waals surface area contributed by atoms with E-state index < -0.39 is 0 Å². The Balaban J connectivity index is 1.93. The molecule has 0 aliphatic carbocycles. The van der Waals surface area contributed by atoms with Crippen LogP contribution in [-0.2, 0) is 13.1 Å². The van der Waals surface area contributed by atoms with Gasteiger partial charge in [0.1, 0.15) is 17.8 Å². The van der Waals surface area contributed by atoms with E-state index >= 15 is 0 Å². The first kappa shape index (κ1) is 16.4. The van der Waals surface area contributed by atoms with Gasteiger partial charge in [-0.3, -0.25) is 4.98 Å². The molecule has 0 unspecified atom stereocenters. The van der Waals surface area contributed by atoms with Crippen LogP contribution in [0, 0.1) is 13.8 Å². The van der Waals surface area contributed by atoms with Crippen LogP contribution in [0.15, 0.2) is 30.9 Å². The number of hydrogen-bond donors (Lipinski definition) is 1. The van der Waals surface area contributed by atoms with E-state index in [1.807, 2.05) is 12.3 Å². The molecule has 3 aromatic heterocycles. The molecule has 0 spiro atoms. The summed E-state index contributed by atoms with van der Waals surface area (Å²) in [5.74, 6) is 0.882. The number of nitrogens with one attached hydrogen (secondary N) is 1. The molecule has 0 aromatic carbocycles. The zero-order valence-corrected chi connectivity index (χ0v) is 14.7. The predicted octanol–water partition coefficient (Wildman–Crippen LogP) is 2.62. The summed E-state index contributed by atoms with van der Waals surface area (Å²) >= 11 is 0. The van der Waals surface area contributed by atoms with Gasteiger partial charge in [-0.15, -0.1) is 0 Å². The largest absolute Gasteiger partial charge is 0.365 e. The minimum atomic E-state index is 0.696. The molecule has 0 amide bonds. The summed E-state index contributed by atoms with van der Waals surface area (Å²) in [6.07, 6.45) is 5.29. The Bertz CT molecular complexity index is 822. The number of aryl methyl sites for hydroxylation is 1. The van der Waals surface area contributed by atoms with Crippen molar-refractivity contribution in [2.75, 3.05) is 26.0 Å². The lowest BCUT2D eigenvalue weighted by Crippen LogP contribution is -2.19. The third-order valence-corrected chi connectivity index (χ3v) is 4.36. The van der Waals surface area contributed by atoms with Gasteiger partial charge in [-0.05, 0) is 45.1 Å². The summed E-state index contributed by atoms with van der Waals surface area (Å²) in [7, 11) is 4.17. The number of aromatic nitrogens is 4. The highest BCUT2D eigenvalue weighted by Crippen LogP contribution is 2.28. The van der Waals surface area contributed by atoms with Crippen LogP contribution in [0.5, 0.6) is 0 Å². The van der Waals surface area contributed by atoms with Crippen LogP contribution >= 0.6 is 0 Å². The van der Waals surface area contributed by atoms with Gasteiger partial charge in [0.2, 0.25) is 0 Å². The van der Waals surface area contributed by atoms with Crippen molar-refractivity contribution in [2.45, 2.75) is 26.9 Å². The first-order valence-corrected chi connectivity index (χ1v) is 8.16. The van der Waals surface area contributed by atoms with Gasteiger partial charge in [0.15, 0.2) is 0 Å². The SMILES string of the molecule is Cc1c(C)n(CCN(C)C)c2ncnc(NCc3cccnc3)c12. The van der Waals surface area contributed by atoms with E-state index in [0.29, 0.717) is 6.54 Å². The lowest BCUT2D eigenvalue weighted by molar-refractivity contribution is 0.384. The van der Waals surface area contributed by atoms with Crippen molar-refractivity contribution in [3.05, 3.63) is 47.7 Å². The van der Waals surface area contributed by atoms with Crippen LogP contribution in [-0.4, -0.2) is 45.1 Å². The smallest absolute Gasteiger partial charge is 0.145 e. The van der Waals surface area contributed by atoms with Gasteiger partial charge in [0.05, 0.1) is 5.39 Å². The first-order chi connectivity index (χ1) is 11.6. The molecule has 0 saturated carbocycles. The van der Waals surface area contributed by atoms with Crippen LogP contribution in [0.2, 0.25) is 0 Å². The van der Waals surface area contributed by atoms with Gasteiger partial charge in [-0.1, -0.05) is 6.07 Å². The second kappa shape index (κ2) is 6.97. The molecular weight excluding hydrogens is 300 g/mol. The fourth-order valence-corrected chi connectivity index (χ4v) is 2.86. The van der Waals surface area contributed by atoms with E-state index in [1.165, 1.54) is 11.3 Å². The topological polar surface area (TPSA) is 58.9 Å². The molecule has 24 heavy (non-hydrogen) atoms. The molecule has 0 aliphatic rings. The molecule has 6 nitrogen and oxygen atoms in total. The molecule has 0 radical (unpaired) electrons. The van der Waals surface area contributed by atoms with Gasteiger partial charge < -0.3 is 14.8 Å². The van der Waals surface area contributed by atoms with Crippen LogP contribution in [0.3, 0.4) is 0 Å². The van der Waals surface area contributed by atoms with E-state index in [9.17, 15) is 0 Å². The van der Waals surface area contributed by atoms with Crippen molar-refractivity contribution in [1.29, 1.82) is 0 Å². The zero-order chi connectivity index (χ0) is 17.1. The Morgan fingerprint density at radius 3 is 2.75 bits per heavy atom.